The first-order valence-electron chi connectivity index (χ1n) is 5.35. The van der Waals surface area contributed by atoms with E-state index in [9.17, 15) is 14.9 Å². The molecule has 0 spiro atoms. The molecule has 1 aromatic heterocycles. The summed E-state index contributed by atoms with van der Waals surface area (Å²) >= 11 is 5.69. The number of nitro groups is 1. The number of likely N-dealkylation sites (N-methyl/N-ethyl adjacent to an activating group) is 1. The normalized spacial score (nSPS) is 15.3. The summed E-state index contributed by atoms with van der Waals surface area (Å²) in [6.45, 7) is 2.83. The largest absolute Gasteiger partial charge is 0.324 e. The van der Waals surface area contributed by atoms with Gasteiger partial charge in [-0.3, -0.25) is 14.9 Å². The maximum Gasteiger partial charge on any atom is 0.313 e. The molecule has 2 heterocycles. The van der Waals surface area contributed by atoms with E-state index in [-0.39, 0.29) is 29.0 Å². The van der Waals surface area contributed by atoms with Crippen LogP contribution in [-0.2, 0) is 4.79 Å². The van der Waals surface area contributed by atoms with Crippen LogP contribution in [0.2, 0.25) is 5.02 Å². The number of nitrogens with zero attached hydrogens (tertiary/aromatic N) is 4. The Kier molecular flexibility index (Phi) is 3.33. The number of rotatable bonds is 3. The third kappa shape index (κ3) is 2.21. The summed E-state index contributed by atoms with van der Waals surface area (Å²) < 4.78 is 0. The highest BCUT2D eigenvalue weighted by molar-refractivity contribution is 6.30. The molecule has 1 aromatic rings. The van der Waals surface area contributed by atoms with E-state index in [0.29, 0.717) is 13.2 Å². The SMILES string of the molecule is CCN1CN(c2ncc(Cl)cc2[N+](=O)[O-])CC1=O. The molecule has 1 saturated heterocycles. The third-order valence-electron chi connectivity index (χ3n) is 2.71. The molecule has 1 amide bonds. The number of anilines is 1. The van der Waals surface area contributed by atoms with Gasteiger partial charge in [0.1, 0.15) is 6.54 Å². The van der Waals surface area contributed by atoms with Crippen LogP contribution < -0.4 is 4.90 Å². The van der Waals surface area contributed by atoms with Gasteiger partial charge in [0.2, 0.25) is 11.7 Å². The van der Waals surface area contributed by atoms with Crippen LogP contribution in [0.25, 0.3) is 0 Å². The van der Waals surface area contributed by atoms with Gasteiger partial charge < -0.3 is 9.80 Å². The van der Waals surface area contributed by atoms with E-state index < -0.39 is 4.92 Å². The number of halogens is 1. The Labute approximate surface area is 108 Å². The molecule has 96 valence electrons. The predicted octanol–water partition coefficient (Wildman–Crippen LogP) is 1.27. The van der Waals surface area contributed by atoms with E-state index in [4.69, 9.17) is 11.6 Å². The molecule has 0 bridgehead atoms. The lowest BCUT2D eigenvalue weighted by molar-refractivity contribution is -0.384. The second-order valence-electron chi connectivity index (χ2n) is 3.84. The van der Waals surface area contributed by atoms with Gasteiger partial charge >= 0.3 is 5.69 Å². The lowest BCUT2D eigenvalue weighted by atomic mass is 10.3. The molecule has 0 aromatic carbocycles. The van der Waals surface area contributed by atoms with E-state index >= 15 is 0 Å². The molecule has 1 aliphatic rings. The van der Waals surface area contributed by atoms with Gasteiger partial charge in [0.15, 0.2) is 0 Å². The van der Waals surface area contributed by atoms with Crippen molar-refractivity contribution in [1.29, 1.82) is 0 Å². The van der Waals surface area contributed by atoms with Crippen LogP contribution in [0.4, 0.5) is 11.5 Å². The number of pyridine rings is 1. The van der Waals surface area contributed by atoms with Gasteiger partial charge in [-0.15, -0.1) is 0 Å². The van der Waals surface area contributed by atoms with Crippen molar-refractivity contribution in [2.75, 3.05) is 24.7 Å². The zero-order chi connectivity index (χ0) is 13.3. The maximum absolute atomic E-state index is 11.6. The smallest absolute Gasteiger partial charge is 0.313 e. The first kappa shape index (κ1) is 12.6. The van der Waals surface area contributed by atoms with Crippen LogP contribution >= 0.6 is 11.6 Å². The van der Waals surface area contributed by atoms with Crippen LogP contribution in [0.5, 0.6) is 0 Å². The van der Waals surface area contributed by atoms with Gasteiger partial charge in [-0.2, -0.15) is 0 Å². The zero-order valence-electron chi connectivity index (χ0n) is 9.67. The van der Waals surface area contributed by atoms with Gasteiger partial charge in [-0.25, -0.2) is 4.98 Å². The molecule has 1 fully saturated rings. The molecule has 7 nitrogen and oxygen atoms in total. The maximum atomic E-state index is 11.6. The minimum absolute atomic E-state index is 0.0662. The molecule has 0 saturated carbocycles. The fraction of sp³-hybridized carbons (Fsp3) is 0.400. The van der Waals surface area contributed by atoms with Gasteiger partial charge in [0.25, 0.3) is 0 Å². The van der Waals surface area contributed by atoms with Crippen molar-refractivity contribution in [1.82, 2.24) is 9.88 Å². The van der Waals surface area contributed by atoms with Crippen molar-refractivity contribution in [3.05, 3.63) is 27.4 Å². The van der Waals surface area contributed by atoms with Crippen LogP contribution in [0.1, 0.15) is 6.92 Å². The van der Waals surface area contributed by atoms with E-state index in [1.807, 2.05) is 6.92 Å². The fourth-order valence-electron chi connectivity index (χ4n) is 1.82. The fourth-order valence-corrected chi connectivity index (χ4v) is 1.97. The van der Waals surface area contributed by atoms with Crippen molar-refractivity contribution in [3.8, 4) is 0 Å². The van der Waals surface area contributed by atoms with E-state index in [1.54, 1.807) is 9.80 Å². The van der Waals surface area contributed by atoms with E-state index in [2.05, 4.69) is 4.98 Å². The van der Waals surface area contributed by atoms with Crippen molar-refractivity contribution in [2.45, 2.75) is 6.92 Å². The minimum atomic E-state index is -0.548. The van der Waals surface area contributed by atoms with Crippen LogP contribution in [0.3, 0.4) is 0 Å². The summed E-state index contributed by atoms with van der Waals surface area (Å²) in [4.78, 5) is 29.1. The average Bonchev–Trinajstić information content (AvgIpc) is 2.70. The number of hydrogen-bond acceptors (Lipinski definition) is 5. The predicted molar refractivity (Wildman–Crippen MR) is 65.5 cm³/mol. The third-order valence-corrected chi connectivity index (χ3v) is 2.92. The lowest BCUT2D eigenvalue weighted by Crippen LogP contribution is -2.27. The molecule has 0 atom stereocenters. The van der Waals surface area contributed by atoms with Crippen molar-refractivity contribution < 1.29 is 9.72 Å². The number of hydrogen-bond donors (Lipinski definition) is 0. The topological polar surface area (TPSA) is 79.6 Å². The van der Waals surface area contributed by atoms with Crippen LogP contribution in [0, 0.1) is 10.1 Å². The summed E-state index contributed by atoms with van der Waals surface area (Å²) in [7, 11) is 0. The number of amides is 1. The minimum Gasteiger partial charge on any atom is -0.324 e. The Balaban J connectivity index is 2.35. The Morgan fingerprint density at radius 3 is 2.89 bits per heavy atom. The molecule has 0 unspecified atom stereocenters. The van der Waals surface area contributed by atoms with Gasteiger partial charge in [-0.1, -0.05) is 11.6 Å². The van der Waals surface area contributed by atoms with Gasteiger partial charge in [0.05, 0.1) is 16.6 Å². The van der Waals surface area contributed by atoms with Crippen LogP contribution in [-0.4, -0.2) is 40.5 Å². The highest BCUT2D eigenvalue weighted by atomic mass is 35.5. The Morgan fingerprint density at radius 2 is 2.33 bits per heavy atom. The van der Waals surface area contributed by atoms with Crippen molar-refractivity contribution in [3.63, 3.8) is 0 Å². The van der Waals surface area contributed by atoms with Gasteiger partial charge in [0, 0.05) is 18.8 Å². The second kappa shape index (κ2) is 4.77. The number of carbonyl (C=O) groups is 1. The van der Waals surface area contributed by atoms with Crippen molar-refractivity contribution >= 4 is 29.0 Å². The monoisotopic (exact) mass is 270 g/mol. The number of aromatic nitrogens is 1. The average molecular weight is 271 g/mol. The molecular formula is C10H11ClN4O3. The molecule has 8 heteroatoms. The molecule has 0 aliphatic carbocycles. The summed E-state index contributed by atoms with van der Waals surface area (Å²) in [6.07, 6.45) is 1.34. The first-order chi connectivity index (χ1) is 8.52. The Hall–Kier alpha value is -1.89. The lowest BCUT2D eigenvalue weighted by Gasteiger charge is -2.17. The number of carbonyl (C=O) groups excluding carboxylic acids is 1. The molecule has 0 N–H and O–H groups in total. The molecular weight excluding hydrogens is 260 g/mol. The quantitative estimate of drug-likeness (QED) is 0.610. The highest BCUT2D eigenvalue weighted by Crippen LogP contribution is 2.29. The summed E-state index contributed by atoms with van der Waals surface area (Å²) in [6, 6.07) is 1.24. The summed E-state index contributed by atoms with van der Waals surface area (Å²) in [5, 5.41) is 11.1. The molecule has 0 radical (unpaired) electrons. The van der Waals surface area contributed by atoms with E-state index in [0.717, 1.165) is 0 Å². The summed E-state index contributed by atoms with van der Waals surface area (Å²) in [5.41, 5.74) is -0.187. The van der Waals surface area contributed by atoms with Crippen LogP contribution in [0.15, 0.2) is 12.3 Å². The highest BCUT2D eigenvalue weighted by Gasteiger charge is 2.31. The second-order valence-corrected chi connectivity index (χ2v) is 4.28. The molecule has 18 heavy (non-hydrogen) atoms. The molecule has 1 aliphatic heterocycles. The standard InChI is InChI=1S/C10H11ClN4O3/c1-2-13-6-14(5-9(13)16)10-8(15(17)18)3-7(11)4-12-10/h3-4H,2,5-6H2,1H3. The van der Waals surface area contributed by atoms with Crippen molar-refractivity contribution in [2.24, 2.45) is 0 Å². The van der Waals surface area contributed by atoms with E-state index in [1.165, 1.54) is 12.3 Å². The Morgan fingerprint density at radius 1 is 1.61 bits per heavy atom. The Bertz CT molecular complexity index is 508. The zero-order valence-corrected chi connectivity index (χ0v) is 10.4. The first-order valence-corrected chi connectivity index (χ1v) is 5.73. The molecule has 2 rings (SSSR count). The summed E-state index contributed by atoms with van der Waals surface area (Å²) in [5.74, 6) is 0.109. The van der Waals surface area contributed by atoms with Gasteiger partial charge in [-0.05, 0) is 6.92 Å².